The number of amides is 3. The first-order chi connectivity index (χ1) is 11.7. The van der Waals surface area contributed by atoms with Crippen LogP contribution in [0.3, 0.4) is 0 Å². The molecule has 0 spiro atoms. The molecule has 2 atom stereocenters. The standard InChI is InChI=1S/C17H23BrN4O3/c1-17-6-7-20(3)14(17)21(4)13-11(17)8-10(9-12(13)18)25-16(24)22(5)15(23)19-2/h8-9,14H,6-7H2,1-5H3,(H,19,23)/t14?,17-/m0/s1. The Kier molecular flexibility index (Phi) is 4.45. The number of hydrogen-bond acceptors (Lipinski definition) is 5. The molecule has 0 bridgehead atoms. The van der Waals surface area contributed by atoms with Gasteiger partial charge in [0.1, 0.15) is 5.75 Å². The van der Waals surface area contributed by atoms with Gasteiger partial charge in [-0.1, -0.05) is 6.92 Å². The molecule has 25 heavy (non-hydrogen) atoms. The number of likely N-dealkylation sites (N-methyl/N-ethyl adjacent to an activating group) is 2. The van der Waals surface area contributed by atoms with E-state index in [9.17, 15) is 9.59 Å². The maximum Gasteiger partial charge on any atom is 0.423 e. The van der Waals surface area contributed by atoms with Gasteiger partial charge in [-0.05, 0) is 47.1 Å². The molecule has 1 fully saturated rings. The predicted octanol–water partition coefficient (Wildman–Crippen LogP) is 2.59. The highest BCUT2D eigenvalue weighted by Gasteiger charge is 2.53. The second kappa shape index (κ2) is 6.17. The number of hydrogen-bond donors (Lipinski definition) is 1. The van der Waals surface area contributed by atoms with Gasteiger partial charge in [0.05, 0.1) is 11.9 Å². The smallest absolute Gasteiger partial charge is 0.410 e. The molecule has 7 nitrogen and oxygen atoms in total. The number of ether oxygens (including phenoxy) is 1. The highest BCUT2D eigenvalue weighted by molar-refractivity contribution is 9.10. The SMILES string of the molecule is CNC(=O)N(C)C(=O)Oc1cc(Br)c2c(c1)[C@]1(C)CCN(C)C1N2C. The molecule has 1 N–H and O–H groups in total. The van der Waals surface area contributed by atoms with Crippen molar-refractivity contribution in [2.24, 2.45) is 0 Å². The number of fused-ring (bicyclic) bond motifs is 3. The van der Waals surface area contributed by atoms with Crippen molar-refractivity contribution in [1.82, 2.24) is 15.1 Å². The van der Waals surface area contributed by atoms with Gasteiger partial charge in [-0.25, -0.2) is 14.5 Å². The van der Waals surface area contributed by atoms with Crippen molar-refractivity contribution in [1.29, 1.82) is 0 Å². The zero-order valence-electron chi connectivity index (χ0n) is 15.1. The first-order valence-corrected chi connectivity index (χ1v) is 8.94. The van der Waals surface area contributed by atoms with Crippen LogP contribution in [-0.2, 0) is 5.41 Å². The summed E-state index contributed by atoms with van der Waals surface area (Å²) in [6, 6.07) is 3.18. The van der Waals surface area contributed by atoms with E-state index >= 15 is 0 Å². The Morgan fingerprint density at radius 3 is 2.72 bits per heavy atom. The van der Waals surface area contributed by atoms with Gasteiger partial charge in [-0.15, -0.1) is 0 Å². The summed E-state index contributed by atoms with van der Waals surface area (Å²) in [7, 11) is 7.06. The van der Waals surface area contributed by atoms with Crippen LogP contribution in [0.15, 0.2) is 16.6 Å². The number of urea groups is 1. The number of rotatable bonds is 1. The van der Waals surface area contributed by atoms with E-state index in [-0.39, 0.29) is 11.6 Å². The van der Waals surface area contributed by atoms with E-state index in [1.165, 1.54) is 14.1 Å². The van der Waals surface area contributed by atoms with Crippen LogP contribution in [0.4, 0.5) is 15.3 Å². The summed E-state index contributed by atoms with van der Waals surface area (Å²) < 4.78 is 6.30. The molecule has 1 saturated heterocycles. The lowest BCUT2D eigenvalue weighted by Gasteiger charge is -2.32. The van der Waals surface area contributed by atoms with E-state index in [0.29, 0.717) is 5.75 Å². The molecule has 3 amide bonds. The van der Waals surface area contributed by atoms with Crippen LogP contribution in [0.5, 0.6) is 5.75 Å². The van der Waals surface area contributed by atoms with E-state index in [4.69, 9.17) is 4.74 Å². The molecule has 0 aromatic heterocycles. The van der Waals surface area contributed by atoms with Gasteiger partial charge in [-0.2, -0.15) is 0 Å². The highest BCUT2D eigenvalue weighted by atomic mass is 79.9. The van der Waals surface area contributed by atoms with Crippen molar-refractivity contribution in [2.45, 2.75) is 24.9 Å². The number of likely N-dealkylation sites (tertiary alicyclic amines) is 1. The van der Waals surface area contributed by atoms with Gasteiger partial charge in [0, 0.05) is 37.6 Å². The Hall–Kier alpha value is -1.80. The number of benzene rings is 1. The molecule has 1 aromatic rings. The number of imide groups is 1. The Morgan fingerprint density at radius 1 is 1.40 bits per heavy atom. The summed E-state index contributed by atoms with van der Waals surface area (Å²) in [6.45, 7) is 3.27. The topological polar surface area (TPSA) is 65.1 Å². The van der Waals surface area contributed by atoms with Gasteiger partial charge >= 0.3 is 12.1 Å². The minimum Gasteiger partial charge on any atom is -0.410 e. The monoisotopic (exact) mass is 410 g/mol. The Bertz CT molecular complexity index is 741. The number of nitrogens with zero attached hydrogens (tertiary/aromatic N) is 3. The third kappa shape index (κ3) is 2.67. The predicted molar refractivity (Wildman–Crippen MR) is 99.2 cm³/mol. The average molecular weight is 411 g/mol. The number of carbonyl (C=O) groups is 2. The summed E-state index contributed by atoms with van der Waals surface area (Å²) >= 11 is 3.62. The van der Waals surface area contributed by atoms with Crippen LogP contribution in [0.25, 0.3) is 0 Å². The molecule has 0 saturated carbocycles. The Morgan fingerprint density at radius 2 is 2.08 bits per heavy atom. The largest absolute Gasteiger partial charge is 0.423 e. The van der Waals surface area contributed by atoms with E-state index < -0.39 is 12.1 Å². The van der Waals surface area contributed by atoms with Crippen molar-refractivity contribution in [3.63, 3.8) is 0 Å². The van der Waals surface area contributed by atoms with E-state index in [2.05, 4.69) is 52.1 Å². The van der Waals surface area contributed by atoms with E-state index in [0.717, 1.165) is 33.6 Å². The summed E-state index contributed by atoms with van der Waals surface area (Å²) in [5.74, 6) is 0.427. The van der Waals surface area contributed by atoms with Crippen molar-refractivity contribution in [2.75, 3.05) is 39.6 Å². The molecule has 0 aliphatic carbocycles. The quantitative estimate of drug-likeness (QED) is 0.770. The van der Waals surface area contributed by atoms with Crippen LogP contribution in [-0.4, -0.2) is 62.8 Å². The van der Waals surface area contributed by atoms with Gasteiger partial charge in [0.25, 0.3) is 0 Å². The number of carbonyl (C=O) groups excluding carboxylic acids is 2. The van der Waals surface area contributed by atoms with Gasteiger partial charge in [0.2, 0.25) is 0 Å². The second-order valence-electron chi connectivity index (χ2n) is 6.92. The molecule has 1 unspecified atom stereocenters. The van der Waals surface area contributed by atoms with Gasteiger partial charge in [0.15, 0.2) is 0 Å². The summed E-state index contributed by atoms with van der Waals surface area (Å²) in [5.41, 5.74) is 2.25. The normalized spacial score (nSPS) is 24.7. The molecule has 3 rings (SSSR count). The Balaban J connectivity index is 1.94. The molecular formula is C17H23BrN4O3. The molecule has 1 aromatic carbocycles. The number of halogens is 1. The maximum absolute atomic E-state index is 12.2. The van der Waals surface area contributed by atoms with Crippen molar-refractivity contribution in [3.05, 3.63) is 22.2 Å². The number of nitrogens with one attached hydrogen (secondary N) is 1. The molecule has 8 heteroatoms. The lowest BCUT2D eigenvalue weighted by molar-refractivity contribution is 0.163. The molecule has 2 aliphatic heterocycles. The fraction of sp³-hybridized carbons (Fsp3) is 0.529. The summed E-state index contributed by atoms with van der Waals surface area (Å²) in [5, 5.41) is 2.40. The third-order valence-electron chi connectivity index (χ3n) is 5.34. The molecule has 0 radical (unpaired) electrons. The first kappa shape index (κ1) is 18.0. The molecule has 2 heterocycles. The van der Waals surface area contributed by atoms with Crippen LogP contribution < -0.4 is 15.0 Å². The van der Waals surface area contributed by atoms with E-state index in [1.807, 2.05) is 6.07 Å². The van der Waals surface area contributed by atoms with Crippen LogP contribution in [0.1, 0.15) is 18.9 Å². The fourth-order valence-electron chi connectivity index (χ4n) is 4.11. The third-order valence-corrected chi connectivity index (χ3v) is 5.95. The lowest BCUT2D eigenvalue weighted by atomic mass is 9.81. The van der Waals surface area contributed by atoms with Crippen molar-refractivity contribution < 1.29 is 14.3 Å². The Labute approximate surface area is 156 Å². The van der Waals surface area contributed by atoms with E-state index in [1.54, 1.807) is 6.07 Å². The van der Waals surface area contributed by atoms with Crippen LogP contribution in [0, 0.1) is 0 Å². The highest BCUT2D eigenvalue weighted by Crippen LogP contribution is 2.54. The summed E-state index contributed by atoms with van der Waals surface area (Å²) in [4.78, 5) is 29.2. The summed E-state index contributed by atoms with van der Waals surface area (Å²) in [6.07, 6.45) is 0.592. The van der Waals surface area contributed by atoms with Crippen molar-refractivity contribution in [3.8, 4) is 5.75 Å². The lowest BCUT2D eigenvalue weighted by Crippen LogP contribution is -2.45. The molecular weight excluding hydrogens is 388 g/mol. The van der Waals surface area contributed by atoms with Gasteiger partial charge in [-0.3, -0.25) is 4.90 Å². The molecule has 2 aliphatic rings. The fourth-order valence-corrected chi connectivity index (χ4v) is 4.83. The van der Waals surface area contributed by atoms with Crippen LogP contribution in [0.2, 0.25) is 0 Å². The molecule has 136 valence electrons. The minimum atomic E-state index is -0.720. The zero-order valence-corrected chi connectivity index (χ0v) is 16.7. The minimum absolute atomic E-state index is 0.0313. The second-order valence-corrected chi connectivity index (χ2v) is 7.77. The van der Waals surface area contributed by atoms with Gasteiger partial charge < -0.3 is 15.0 Å². The first-order valence-electron chi connectivity index (χ1n) is 8.15. The van der Waals surface area contributed by atoms with Crippen molar-refractivity contribution >= 4 is 33.7 Å². The average Bonchev–Trinajstić information content (AvgIpc) is 2.99. The number of anilines is 1. The zero-order chi connectivity index (χ0) is 18.5. The van der Waals surface area contributed by atoms with Crippen LogP contribution >= 0.6 is 15.9 Å². The maximum atomic E-state index is 12.2.